The Morgan fingerprint density at radius 1 is 1.33 bits per heavy atom. The number of likely N-dealkylation sites (tertiary alicyclic amines) is 1. The third-order valence-electron chi connectivity index (χ3n) is 4.88. The molecule has 0 N–H and O–H groups in total. The number of morpholine rings is 1. The lowest BCUT2D eigenvalue weighted by Gasteiger charge is -2.47. The van der Waals surface area contributed by atoms with E-state index < -0.39 is 0 Å². The van der Waals surface area contributed by atoms with Gasteiger partial charge in [0.25, 0.3) is 5.91 Å². The molecule has 0 saturated carbocycles. The number of furan rings is 1. The van der Waals surface area contributed by atoms with Crippen molar-refractivity contribution in [2.45, 2.75) is 18.4 Å². The SMILES string of the molecule is CN(C)CCN1CC2(CCN(C(=O)c3ccoc3)CC2)OCC1=O. The van der Waals surface area contributed by atoms with Crippen LogP contribution in [0.5, 0.6) is 0 Å². The Morgan fingerprint density at radius 2 is 2.08 bits per heavy atom. The van der Waals surface area contributed by atoms with Gasteiger partial charge in [-0.15, -0.1) is 0 Å². The fraction of sp³-hybridized carbons (Fsp3) is 0.647. The summed E-state index contributed by atoms with van der Waals surface area (Å²) in [5.41, 5.74) is 0.270. The summed E-state index contributed by atoms with van der Waals surface area (Å²) in [7, 11) is 4.00. The number of rotatable bonds is 4. The van der Waals surface area contributed by atoms with Crippen molar-refractivity contribution in [1.29, 1.82) is 0 Å². The van der Waals surface area contributed by atoms with E-state index in [0.717, 1.165) is 19.4 Å². The van der Waals surface area contributed by atoms with Gasteiger partial charge in [-0.2, -0.15) is 0 Å². The predicted molar refractivity (Wildman–Crippen MR) is 87.7 cm³/mol. The minimum atomic E-state index is -0.312. The van der Waals surface area contributed by atoms with Crippen LogP contribution in [0.3, 0.4) is 0 Å². The van der Waals surface area contributed by atoms with E-state index in [9.17, 15) is 9.59 Å². The van der Waals surface area contributed by atoms with E-state index in [-0.39, 0.29) is 24.0 Å². The molecule has 132 valence electrons. The van der Waals surface area contributed by atoms with Gasteiger partial charge in [-0.05, 0) is 33.0 Å². The Labute approximate surface area is 142 Å². The molecule has 1 spiro atoms. The Balaban J connectivity index is 1.58. The summed E-state index contributed by atoms with van der Waals surface area (Å²) in [5, 5.41) is 0. The molecular formula is C17H25N3O4. The molecule has 3 rings (SSSR count). The van der Waals surface area contributed by atoms with Crippen molar-refractivity contribution >= 4 is 11.8 Å². The largest absolute Gasteiger partial charge is 0.472 e. The smallest absolute Gasteiger partial charge is 0.257 e. The molecule has 0 radical (unpaired) electrons. The maximum atomic E-state index is 12.4. The van der Waals surface area contributed by atoms with Crippen LogP contribution >= 0.6 is 0 Å². The average Bonchev–Trinajstić information content (AvgIpc) is 3.10. The maximum absolute atomic E-state index is 12.4. The van der Waals surface area contributed by atoms with Crippen LogP contribution in [-0.2, 0) is 9.53 Å². The van der Waals surface area contributed by atoms with Gasteiger partial charge in [-0.3, -0.25) is 9.59 Å². The highest BCUT2D eigenvalue weighted by molar-refractivity contribution is 5.93. The molecule has 0 bridgehead atoms. The molecular weight excluding hydrogens is 310 g/mol. The molecule has 2 fully saturated rings. The van der Waals surface area contributed by atoms with E-state index in [1.54, 1.807) is 6.07 Å². The number of hydrogen-bond donors (Lipinski definition) is 0. The van der Waals surface area contributed by atoms with Crippen molar-refractivity contribution in [1.82, 2.24) is 14.7 Å². The highest BCUT2D eigenvalue weighted by Gasteiger charge is 2.42. The van der Waals surface area contributed by atoms with Gasteiger partial charge < -0.3 is 23.9 Å². The molecule has 0 aliphatic carbocycles. The van der Waals surface area contributed by atoms with Gasteiger partial charge in [0, 0.05) is 32.7 Å². The molecule has 7 nitrogen and oxygen atoms in total. The topological polar surface area (TPSA) is 66.2 Å². The Morgan fingerprint density at radius 3 is 2.71 bits per heavy atom. The van der Waals surface area contributed by atoms with Crippen molar-refractivity contribution in [2.24, 2.45) is 0 Å². The fourth-order valence-corrected chi connectivity index (χ4v) is 3.30. The van der Waals surface area contributed by atoms with Crippen molar-refractivity contribution in [3.05, 3.63) is 24.2 Å². The van der Waals surface area contributed by atoms with Crippen molar-refractivity contribution in [2.75, 3.05) is 53.4 Å². The standard InChI is InChI=1S/C17H25N3O4/c1-18(2)8-9-20-13-17(24-12-15(20)21)4-6-19(7-5-17)16(22)14-3-10-23-11-14/h3,10-11H,4-9,12-13H2,1-2H3. The van der Waals surface area contributed by atoms with Crippen molar-refractivity contribution in [3.8, 4) is 0 Å². The number of carbonyl (C=O) groups excluding carboxylic acids is 2. The van der Waals surface area contributed by atoms with E-state index in [4.69, 9.17) is 9.15 Å². The summed E-state index contributed by atoms with van der Waals surface area (Å²) < 4.78 is 10.9. The minimum Gasteiger partial charge on any atom is -0.472 e. The van der Waals surface area contributed by atoms with Crippen LogP contribution in [0.2, 0.25) is 0 Å². The monoisotopic (exact) mass is 335 g/mol. The number of amides is 2. The van der Waals surface area contributed by atoms with Crippen LogP contribution in [-0.4, -0.2) is 85.5 Å². The first-order chi connectivity index (χ1) is 11.5. The van der Waals surface area contributed by atoms with Crippen LogP contribution in [0, 0.1) is 0 Å². The highest BCUT2D eigenvalue weighted by atomic mass is 16.5. The van der Waals surface area contributed by atoms with Gasteiger partial charge in [-0.25, -0.2) is 0 Å². The zero-order valence-electron chi connectivity index (χ0n) is 14.4. The Bertz CT molecular complexity index is 577. The summed E-state index contributed by atoms with van der Waals surface area (Å²) >= 11 is 0. The van der Waals surface area contributed by atoms with Crippen molar-refractivity contribution < 1.29 is 18.7 Å². The molecule has 3 heterocycles. The molecule has 1 aromatic heterocycles. The first kappa shape index (κ1) is 17.0. The molecule has 2 aliphatic rings. The Hall–Kier alpha value is -1.86. The highest BCUT2D eigenvalue weighted by Crippen LogP contribution is 2.31. The van der Waals surface area contributed by atoms with E-state index in [1.165, 1.54) is 12.5 Å². The second-order valence-corrected chi connectivity index (χ2v) is 6.89. The van der Waals surface area contributed by atoms with Gasteiger partial charge in [0.1, 0.15) is 12.9 Å². The summed E-state index contributed by atoms with van der Waals surface area (Å²) in [4.78, 5) is 30.3. The quantitative estimate of drug-likeness (QED) is 0.809. The molecule has 0 aromatic carbocycles. The third-order valence-corrected chi connectivity index (χ3v) is 4.88. The minimum absolute atomic E-state index is 0.00468. The van der Waals surface area contributed by atoms with Gasteiger partial charge >= 0.3 is 0 Å². The van der Waals surface area contributed by atoms with Gasteiger partial charge in [-0.1, -0.05) is 0 Å². The number of nitrogens with zero attached hydrogens (tertiary/aromatic N) is 3. The molecule has 0 unspecified atom stereocenters. The lowest BCUT2D eigenvalue weighted by Crippen LogP contribution is -2.59. The number of carbonyl (C=O) groups is 2. The zero-order valence-corrected chi connectivity index (χ0v) is 14.4. The summed E-state index contributed by atoms with van der Waals surface area (Å²) in [6.45, 7) is 3.59. The lowest BCUT2D eigenvalue weighted by molar-refractivity contribution is -0.170. The maximum Gasteiger partial charge on any atom is 0.257 e. The second kappa shape index (κ2) is 6.94. The van der Waals surface area contributed by atoms with E-state index >= 15 is 0 Å². The number of likely N-dealkylation sites (N-methyl/N-ethyl adjacent to an activating group) is 1. The average molecular weight is 335 g/mol. The molecule has 2 amide bonds. The first-order valence-electron chi connectivity index (χ1n) is 8.37. The molecule has 2 saturated heterocycles. The summed E-state index contributed by atoms with van der Waals surface area (Å²) in [6.07, 6.45) is 4.49. The van der Waals surface area contributed by atoms with E-state index in [0.29, 0.717) is 31.7 Å². The fourth-order valence-electron chi connectivity index (χ4n) is 3.30. The van der Waals surface area contributed by atoms with Crippen LogP contribution in [0.4, 0.5) is 0 Å². The summed E-state index contributed by atoms with van der Waals surface area (Å²) in [6, 6.07) is 1.69. The first-order valence-corrected chi connectivity index (χ1v) is 8.37. The molecule has 24 heavy (non-hydrogen) atoms. The third kappa shape index (κ3) is 3.62. The van der Waals surface area contributed by atoms with Crippen LogP contribution in [0.1, 0.15) is 23.2 Å². The normalized spacial score (nSPS) is 20.9. The predicted octanol–water partition coefficient (Wildman–Crippen LogP) is 0.675. The van der Waals surface area contributed by atoms with Crippen LogP contribution in [0.15, 0.2) is 23.0 Å². The molecule has 0 atom stereocenters. The molecule has 2 aliphatic heterocycles. The van der Waals surface area contributed by atoms with Gasteiger partial charge in [0.05, 0.1) is 17.4 Å². The van der Waals surface area contributed by atoms with E-state index in [1.807, 2.05) is 23.9 Å². The summed E-state index contributed by atoms with van der Waals surface area (Å²) in [5.74, 6) is 0.0503. The Kier molecular flexibility index (Phi) is 4.91. The zero-order chi connectivity index (χ0) is 17.2. The van der Waals surface area contributed by atoms with Gasteiger partial charge in [0.2, 0.25) is 5.91 Å². The number of piperidine rings is 1. The second-order valence-electron chi connectivity index (χ2n) is 6.89. The van der Waals surface area contributed by atoms with Crippen LogP contribution < -0.4 is 0 Å². The van der Waals surface area contributed by atoms with E-state index in [2.05, 4.69) is 4.90 Å². The molecule has 1 aromatic rings. The lowest BCUT2D eigenvalue weighted by atomic mass is 9.89. The molecule has 7 heteroatoms. The number of hydrogen-bond acceptors (Lipinski definition) is 5. The van der Waals surface area contributed by atoms with Crippen molar-refractivity contribution in [3.63, 3.8) is 0 Å². The van der Waals surface area contributed by atoms with Crippen LogP contribution in [0.25, 0.3) is 0 Å². The van der Waals surface area contributed by atoms with Gasteiger partial charge in [0.15, 0.2) is 0 Å². The number of ether oxygens (including phenoxy) is 1.